The van der Waals surface area contributed by atoms with Crippen LogP contribution in [0.3, 0.4) is 0 Å². The molecule has 0 saturated carbocycles. The van der Waals surface area contributed by atoms with Gasteiger partial charge in [-0.1, -0.05) is 32.0 Å². The van der Waals surface area contributed by atoms with Crippen molar-refractivity contribution in [2.75, 3.05) is 13.1 Å². The summed E-state index contributed by atoms with van der Waals surface area (Å²) in [6, 6.07) is 6.46. The van der Waals surface area contributed by atoms with E-state index >= 15 is 0 Å². The van der Waals surface area contributed by atoms with Gasteiger partial charge < -0.3 is 5.73 Å². The normalized spacial score (nSPS) is 18.4. The van der Waals surface area contributed by atoms with E-state index in [1.54, 1.807) is 0 Å². The molecule has 0 heterocycles. The summed E-state index contributed by atoms with van der Waals surface area (Å²) in [5.41, 5.74) is 9.18. The summed E-state index contributed by atoms with van der Waals surface area (Å²) in [5, 5.41) is 0. The van der Waals surface area contributed by atoms with Crippen LogP contribution >= 0.6 is 0 Å². The molecule has 19 heavy (non-hydrogen) atoms. The zero-order valence-corrected chi connectivity index (χ0v) is 11.9. The Morgan fingerprint density at radius 1 is 1.37 bits per heavy atom. The Bertz CT molecular complexity index is 452. The minimum Gasteiger partial charge on any atom is -0.369 e. The van der Waals surface area contributed by atoms with E-state index in [-0.39, 0.29) is 11.8 Å². The molecule has 0 saturated heterocycles. The van der Waals surface area contributed by atoms with Gasteiger partial charge in [0.25, 0.3) is 0 Å². The summed E-state index contributed by atoms with van der Waals surface area (Å²) in [7, 11) is 0. The topological polar surface area (TPSA) is 46.3 Å². The molecule has 0 spiro atoms. The van der Waals surface area contributed by atoms with Crippen LogP contribution in [0.1, 0.15) is 42.9 Å². The van der Waals surface area contributed by atoms with E-state index < -0.39 is 0 Å². The summed E-state index contributed by atoms with van der Waals surface area (Å²) >= 11 is 0. The lowest BCUT2D eigenvalue weighted by molar-refractivity contribution is -0.118. The SMILES string of the molecule is CCN(CC)Cc1ccc2c(c1)CC[CH]C2C(N)=O. The van der Waals surface area contributed by atoms with Gasteiger partial charge in [-0.15, -0.1) is 0 Å². The number of carbonyl (C=O) groups is 1. The van der Waals surface area contributed by atoms with E-state index in [4.69, 9.17) is 5.73 Å². The predicted molar refractivity (Wildman–Crippen MR) is 77.6 cm³/mol. The second-order valence-corrected chi connectivity index (χ2v) is 5.15. The third-order valence-corrected chi connectivity index (χ3v) is 3.97. The molecule has 3 nitrogen and oxygen atoms in total. The first-order chi connectivity index (χ1) is 9.15. The van der Waals surface area contributed by atoms with Crippen molar-refractivity contribution >= 4 is 5.91 Å². The second kappa shape index (κ2) is 6.20. The molecule has 0 fully saturated rings. The molecule has 2 N–H and O–H groups in total. The van der Waals surface area contributed by atoms with Crippen LogP contribution in [0.15, 0.2) is 18.2 Å². The van der Waals surface area contributed by atoms with E-state index in [1.165, 1.54) is 11.1 Å². The van der Waals surface area contributed by atoms with Crippen molar-refractivity contribution in [3.05, 3.63) is 41.3 Å². The van der Waals surface area contributed by atoms with E-state index in [2.05, 4.69) is 36.9 Å². The molecule has 1 aromatic rings. The van der Waals surface area contributed by atoms with E-state index in [0.717, 1.165) is 38.0 Å². The third-order valence-electron chi connectivity index (χ3n) is 3.97. The average Bonchev–Trinajstić information content (AvgIpc) is 2.43. The lowest BCUT2D eigenvalue weighted by atomic mass is 9.81. The molecule has 1 aromatic carbocycles. The van der Waals surface area contributed by atoms with Crippen molar-refractivity contribution in [2.45, 2.75) is 39.2 Å². The summed E-state index contributed by atoms with van der Waals surface area (Å²) in [4.78, 5) is 13.8. The van der Waals surface area contributed by atoms with Crippen LogP contribution in [0.25, 0.3) is 0 Å². The highest BCUT2D eigenvalue weighted by Crippen LogP contribution is 2.31. The fourth-order valence-corrected chi connectivity index (χ4v) is 2.78. The maximum atomic E-state index is 11.5. The Morgan fingerprint density at radius 3 is 2.74 bits per heavy atom. The van der Waals surface area contributed by atoms with E-state index in [9.17, 15) is 4.79 Å². The lowest BCUT2D eigenvalue weighted by Crippen LogP contribution is -2.26. The largest absolute Gasteiger partial charge is 0.369 e. The van der Waals surface area contributed by atoms with E-state index in [0.29, 0.717) is 0 Å². The molecule has 1 amide bonds. The second-order valence-electron chi connectivity index (χ2n) is 5.15. The number of nitrogens with zero attached hydrogens (tertiary/aromatic N) is 1. The first kappa shape index (κ1) is 14.1. The van der Waals surface area contributed by atoms with Gasteiger partial charge >= 0.3 is 0 Å². The number of rotatable bonds is 5. The quantitative estimate of drug-likeness (QED) is 0.881. The summed E-state index contributed by atoms with van der Waals surface area (Å²) in [6.07, 6.45) is 4.00. The van der Waals surface area contributed by atoms with Gasteiger partial charge in [0.2, 0.25) is 5.91 Å². The van der Waals surface area contributed by atoms with Crippen LogP contribution in [-0.2, 0) is 17.8 Å². The summed E-state index contributed by atoms with van der Waals surface area (Å²) in [6.45, 7) is 7.46. The van der Waals surface area contributed by atoms with Gasteiger partial charge in [0, 0.05) is 6.54 Å². The van der Waals surface area contributed by atoms with Crippen molar-refractivity contribution in [1.82, 2.24) is 4.90 Å². The number of aryl methyl sites for hydroxylation is 1. The summed E-state index contributed by atoms with van der Waals surface area (Å²) < 4.78 is 0. The van der Waals surface area contributed by atoms with Crippen molar-refractivity contribution < 1.29 is 4.79 Å². The first-order valence-electron chi connectivity index (χ1n) is 7.12. The maximum absolute atomic E-state index is 11.5. The number of nitrogens with two attached hydrogens (primary N) is 1. The van der Waals surface area contributed by atoms with Crippen LogP contribution in [0.5, 0.6) is 0 Å². The standard InChI is InChI=1S/C16H23N2O/c1-3-18(4-2)11-12-8-9-14-13(10-12)6-5-7-15(14)16(17)19/h7-10,15H,3-6,11H2,1-2H3,(H2,17,19). The first-order valence-corrected chi connectivity index (χ1v) is 7.12. The Labute approximate surface area is 115 Å². The Hall–Kier alpha value is -1.35. The van der Waals surface area contributed by atoms with Crippen LogP contribution in [0, 0.1) is 6.42 Å². The number of carbonyl (C=O) groups excluding carboxylic acids is 1. The zero-order chi connectivity index (χ0) is 13.8. The van der Waals surface area contributed by atoms with Gasteiger partial charge in [-0.05, 0) is 49.0 Å². The predicted octanol–water partition coefficient (Wildman–Crippen LogP) is 2.25. The number of hydrogen-bond donors (Lipinski definition) is 1. The molecule has 0 bridgehead atoms. The van der Waals surface area contributed by atoms with Crippen LogP contribution in [0.2, 0.25) is 0 Å². The molecule has 1 aliphatic rings. The molecule has 1 atom stereocenters. The minimum absolute atomic E-state index is 0.203. The monoisotopic (exact) mass is 259 g/mol. The molecule has 2 rings (SSSR count). The van der Waals surface area contributed by atoms with Gasteiger partial charge in [-0.2, -0.15) is 0 Å². The molecule has 1 unspecified atom stereocenters. The molecule has 1 radical (unpaired) electrons. The van der Waals surface area contributed by atoms with Crippen molar-refractivity contribution in [3.63, 3.8) is 0 Å². The number of amides is 1. The number of fused-ring (bicyclic) bond motifs is 1. The molecule has 103 valence electrons. The zero-order valence-electron chi connectivity index (χ0n) is 11.9. The Morgan fingerprint density at radius 2 is 2.11 bits per heavy atom. The average molecular weight is 259 g/mol. The highest BCUT2D eigenvalue weighted by Gasteiger charge is 2.24. The van der Waals surface area contributed by atoms with Crippen molar-refractivity contribution in [2.24, 2.45) is 5.73 Å². The maximum Gasteiger partial charge on any atom is 0.225 e. The van der Waals surface area contributed by atoms with Gasteiger partial charge in [0.05, 0.1) is 5.92 Å². The van der Waals surface area contributed by atoms with Crippen molar-refractivity contribution in [1.29, 1.82) is 0 Å². The van der Waals surface area contributed by atoms with Crippen molar-refractivity contribution in [3.8, 4) is 0 Å². The van der Waals surface area contributed by atoms with Gasteiger partial charge in [0.15, 0.2) is 0 Å². The minimum atomic E-state index is -0.238. The molecule has 0 aromatic heterocycles. The molecule has 0 aliphatic heterocycles. The number of benzene rings is 1. The fourth-order valence-electron chi connectivity index (χ4n) is 2.78. The molecule has 1 aliphatic carbocycles. The number of hydrogen-bond acceptors (Lipinski definition) is 2. The summed E-state index contributed by atoms with van der Waals surface area (Å²) in [5.74, 6) is -0.441. The Balaban J connectivity index is 2.21. The van der Waals surface area contributed by atoms with Gasteiger partial charge in [-0.25, -0.2) is 0 Å². The lowest BCUT2D eigenvalue weighted by Gasteiger charge is -2.24. The van der Waals surface area contributed by atoms with Crippen LogP contribution in [0.4, 0.5) is 0 Å². The Kier molecular flexibility index (Phi) is 4.59. The highest BCUT2D eigenvalue weighted by molar-refractivity contribution is 5.84. The molecular weight excluding hydrogens is 236 g/mol. The van der Waals surface area contributed by atoms with Gasteiger partial charge in [-0.3, -0.25) is 9.69 Å². The smallest absolute Gasteiger partial charge is 0.225 e. The van der Waals surface area contributed by atoms with Crippen LogP contribution in [-0.4, -0.2) is 23.9 Å². The number of primary amides is 1. The van der Waals surface area contributed by atoms with E-state index in [1.807, 2.05) is 6.42 Å². The fraction of sp³-hybridized carbons (Fsp3) is 0.500. The van der Waals surface area contributed by atoms with Gasteiger partial charge in [0.1, 0.15) is 0 Å². The molecular formula is C16H23N2O. The third kappa shape index (κ3) is 3.16. The highest BCUT2D eigenvalue weighted by atomic mass is 16.1. The van der Waals surface area contributed by atoms with Crippen LogP contribution < -0.4 is 5.73 Å². The molecule has 3 heteroatoms.